The van der Waals surface area contributed by atoms with Gasteiger partial charge in [0.1, 0.15) is 4.88 Å². The van der Waals surface area contributed by atoms with E-state index in [1.54, 1.807) is 0 Å². The van der Waals surface area contributed by atoms with Gasteiger partial charge >= 0.3 is 0 Å². The lowest BCUT2D eigenvalue weighted by Gasteiger charge is -2.29. The number of carbonyl (C=O) groups excluding carboxylic acids is 1. The molecule has 18 heavy (non-hydrogen) atoms. The van der Waals surface area contributed by atoms with Crippen molar-refractivity contribution < 1.29 is 4.79 Å². The zero-order chi connectivity index (χ0) is 13.7. The number of amides is 1. The fourth-order valence-corrected chi connectivity index (χ4v) is 3.39. The van der Waals surface area contributed by atoms with Gasteiger partial charge in [-0.05, 0) is 30.7 Å². The third kappa shape index (κ3) is 3.40. The second-order valence-corrected chi connectivity index (χ2v) is 5.86. The lowest BCUT2D eigenvalue weighted by molar-refractivity contribution is 0.0687. The van der Waals surface area contributed by atoms with Gasteiger partial charge in [0.25, 0.3) is 5.91 Å². The first kappa shape index (κ1) is 15.8. The Kier molecular flexibility index (Phi) is 6.47. The number of hydrogen-bond acceptors (Lipinski definition) is 2. The van der Waals surface area contributed by atoms with Crippen LogP contribution in [0.1, 0.15) is 41.9 Å². The summed E-state index contributed by atoms with van der Waals surface area (Å²) in [7, 11) is 0. The van der Waals surface area contributed by atoms with Crippen LogP contribution in [0.4, 0.5) is 0 Å². The van der Waals surface area contributed by atoms with Crippen molar-refractivity contribution in [3.63, 3.8) is 0 Å². The minimum Gasteiger partial charge on any atom is -0.334 e. The number of hydrogen-bond donors (Lipinski definition) is 0. The summed E-state index contributed by atoms with van der Waals surface area (Å²) in [4.78, 5) is 15.0. The van der Waals surface area contributed by atoms with Crippen LogP contribution < -0.4 is 0 Å². The number of halogens is 2. The van der Waals surface area contributed by atoms with E-state index in [2.05, 4.69) is 13.8 Å². The SMILES string of the molecule is CCC(CC)N(CCCl)C(=O)c1scc(C)c1Cl. The van der Waals surface area contributed by atoms with Gasteiger partial charge in [-0.2, -0.15) is 0 Å². The molecule has 0 spiro atoms. The summed E-state index contributed by atoms with van der Waals surface area (Å²) in [6.07, 6.45) is 1.86. The highest BCUT2D eigenvalue weighted by Gasteiger charge is 2.25. The smallest absolute Gasteiger partial charge is 0.265 e. The summed E-state index contributed by atoms with van der Waals surface area (Å²) >= 11 is 13.4. The van der Waals surface area contributed by atoms with Crippen molar-refractivity contribution in [2.75, 3.05) is 12.4 Å². The molecule has 0 bridgehead atoms. The number of nitrogens with zero attached hydrogens (tertiary/aromatic N) is 1. The van der Waals surface area contributed by atoms with Crippen molar-refractivity contribution in [2.45, 2.75) is 39.7 Å². The standard InChI is InChI=1S/C13H19Cl2NOS/c1-4-10(5-2)16(7-6-14)13(17)12-11(15)9(3)8-18-12/h8,10H,4-7H2,1-3H3. The third-order valence-electron chi connectivity index (χ3n) is 3.06. The Hall–Kier alpha value is -0.250. The predicted octanol–water partition coefficient (Wildman–Crippen LogP) is 4.58. The van der Waals surface area contributed by atoms with E-state index in [4.69, 9.17) is 23.2 Å². The van der Waals surface area contributed by atoms with Gasteiger partial charge in [-0.25, -0.2) is 0 Å². The molecule has 102 valence electrons. The van der Waals surface area contributed by atoms with Gasteiger partial charge in [0.05, 0.1) is 5.02 Å². The average Bonchev–Trinajstić information content (AvgIpc) is 2.69. The van der Waals surface area contributed by atoms with Crippen LogP contribution in [0.15, 0.2) is 5.38 Å². The van der Waals surface area contributed by atoms with Crippen LogP contribution in [0.2, 0.25) is 5.02 Å². The Morgan fingerprint density at radius 1 is 1.44 bits per heavy atom. The summed E-state index contributed by atoms with van der Waals surface area (Å²) in [6.45, 7) is 6.66. The maximum atomic E-state index is 12.5. The van der Waals surface area contributed by atoms with E-state index in [-0.39, 0.29) is 11.9 Å². The number of carbonyl (C=O) groups is 1. The van der Waals surface area contributed by atoms with Crippen molar-refractivity contribution in [2.24, 2.45) is 0 Å². The topological polar surface area (TPSA) is 20.3 Å². The van der Waals surface area contributed by atoms with E-state index >= 15 is 0 Å². The molecule has 0 radical (unpaired) electrons. The Bertz CT molecular complexity index is 402. The largest absolute Gasteiger partial charge is 0.334 e. The zero-order valence-corrected chi connectivity index (χ0v) is 13.3. The Morgan fingerprint density at radius 3 is 2.44 bits per heavy atom. The lowest BCUT2D eigenvalue weighted by atomic mass is 10.1. The molecule has 1 rings (SSSR count). The minimum atomic E-state index is 0.00690. The molecular weight excluding hydrogens is 289 g/mol. The van der Waals surface area contributed by atoms with Gasteiger partial charge < -0.3 is 4.90 Å². The molecule has 0 atom stereocenters. The van der Waals surface area contributed by atoms with E-state index in [1.807, 2.05) is 17.2 Å². The highest BCUT2D eigenvalue weighted by Crippen LogP contribution is 2.29. The highest BCUT2D eigenvalue weighted by molar-refractivity contribution is 7.13. The minimum absolute atomic E-state index is 0.00690. The van der Waals surface area contributed by atoms with Crippen LogP contribution in [0.5, 0.6) is 0 Å². The molecule has 0 saturated heterocycles. The average molecular weight is 308 g/mol. The summed E-state index contributed by atoms with van der Waals surface area (Å²) in [5.74, 6) is 0.456. The molecule has 0 aliphatic carbocycles. The van der Waals surface area contributed by atoms with Crippen molar-refractivity contribution in [1.82, 2.24) is 4.90 Å². The van der Waals surface area contributed by atoms with E-state index in [0.717, 1.165) is 18.4 Å². The van der Waals surface area contributed by atoms with E-state index < -0.39 is 0 Å². The first-order valence-electron chi connectivity index (χ1n) is 6.17. The van der Waals surface area contributed by atoms with Gasteiger partial charge in [0.15, 0.2) is 0 Å². The van der Waals surface area contributed by atoms with Crippen LogP contribution in [-0.4, -0.2) is 29.3 Å². The van der Waals surface area contributed by atoms with Crippen LogP contribution in [0, 0.1) is 6.92 Å². The van der Waals surface area contributed by atoms with E-state index in [9.17, 15) is 4.79 Å². The van der Waals surface area contributed by atoms with Gasteiger partial charge in [-0.1, -0.05) is 25.4 Å². The van der Waals surface area contributed by atoms with E-state index in [0.29, 0.717) is 22.3 Å². The van der Waals surface area contributed by atoms with Crippen molar-refractivity contribution in [3.05, 3.63) is 20.8 Å². The first-order chi connectivity index (χ1) is 8.56. The monoisotopic (exact) mass is 307 g/mol. The molecule has 0 N–H and O–H groups in total. The summed E-state index contributed by atoms with van der Waals surface area (Å²) in [5, 5.41) is 2.50. The number of aryl methyl sites for hydroxylation is 1. The molecule has 1 aromatic rings. The summed E-state index contributed by atoms with van der Waals surface area (Å²) in [6, 6.07) is 0.231. The van der Waals surface area contributed by atoms with Gasteiger partial charge in [0.2, 0.25) is 0 Å². The van der Waals surface area contributed by atoms with Gasteiger partial charge in [0, 0.05) is 18.5 Å². The highest BCUT2D eigenvalue weighted by atomic mass is 35.5. The molecule has 0 fully saturated rings. The van der Waals surface area contributed by atoms with Crippen LogP contribution in [-0.2, 0) is 0 Å². The van der Waals surface area contributed by atoms with Crippen LogP contribution >= 0.6 is 34.5 Å². The molecule has 0 aliphatic rings. The fourth-order valence-electron chi connectivity index (χ4n) is 1.98. The molecule has 0 aromatic carbocycles. The lowest BCUT2D eigenvalue weighted by Crippen LogP contribution is -2.40. The molecule has 1 aromatic heterocycles. The molecule has 0 aliphatic heterocycles. The Balaban J connectivity index is 2.99. The molecular formula is C13H19Cl2NOS. The number of rotatable bonds is 6. The first-order valence-corrected chi connectivity index (χ1v) is 7.96. The summed E-state index contributed by atoms with van der Waals surface area (Å²) in [5.41, 5.74) is 0.959. The zero-order valence-electron chi connectivity index (χ0n) is 11.0. The maximum absolute atomic E-state index is 12.5. The fraction of sp³-hybridized carbons (Fsp3) is 0.615. The van der Waals surface area contributed by atoms with Crippen LogP contribution in [0.3, 0.4) is 0 Å². The van der Waals surface area contributed by atoms with Crippen molar-refractivity contribution in [1.29, 1.82) is 0 Å². The quantitative estimate of drug-likeness (QED) is 0.704. The second-order valence-electron chi connectivity index (χ2n) is 4.22. The second kappa shape index (κ2) is 7.37. The number of thiophene rings is 1. The number of alkyl halides is 1. The van der Waals surface area contributed by atoms with E-state index in [1.165, 1.54) is 11.3 Å². The molecule has 0 unspecified atom stereocenters. The molecule has 1 amide bonds. The molecule has 1 heterocycles. The molecule has 0 saturated carbocycles. The van der Waals surface area contributed by atoms with Gasteiger partial charge in [-0.3, -0.25) is 4.79 Å². The Labute approximate surface area is 123 Å². The predicted molar refractivity (Wildman–Crippen MR) is 80.2 cm³/mol. The summed E-state index contributed by atoms with van der Waals surface area (Å²) < 4.78 is 0. The Morgan fingerprint density at radius 2 is 2.06 bits per heavy atom. The van der Waals surface area contributed by atoms with Crippen molar-refractivity contribution >= 4 is 40.4 Å². The molecule has 5 heteroatoms. The molecule has 2 nitrogen and oxygen atoms in total. The van der Waals surface area contributed by atoms with Crippen LogP contribution in [0.25, 0.3) is 0 Å². The van der Waals surface area contributed by atoms with Gasteiger partial charge in [-0.15, -0.1) is 22.9 Å². The third-order valence-corrected chi connectivity index (χ3v) is 4.92. The van der Waals surface area contributed by atoms with Crippen molar-refractivity contribution in [3.8, 4) is 0 Å². The maximum Gasteiger partial charge on any atom is 0.265 e. The normalized spacial score (nSPS) is 11.0.